The highest BCUT2D eigenvalue weighted by atomic mass is 16.5. The van der Waals surface area contributed by atoms with Crippen molar-refractivity contribution in [3.05, 3.63) is 41.7 Å². The largest absolute Gasteiger partial charge is 0.497 e. The van der Waals surface area contributed by atoms with Crippen LogP contribution in [-0.4, -0.2) is 16.9 Å². The Morgan fingerprint density at radius 3 is 3.00 bits per heavy atom. The fourth-order valence-corrected chi connectivity index (χ4v) is 1.70. The van der Waals surface area contributed by atoms with Gasteiger partial charge in [-0.25, -0.2) is 4.68 Å². The number of hydrogen-bond acceptors (Lipinski definition) is 3. The van der Waals surface area contributed by atoms with Crippen molar-refractivity contribution < 1.29 is 4.74 Å². The molecule has 0 radical (unpaired) electrons. The molecule has 86 valence electrons. The molecule has 1 heterocycles. The van der Waals surface area contributed by atoms with Gasteiger partial charge >= 0.3 is 0 Å². The van der Waals surface area contributed by atoms with E-state index in [9.17, 15) is 0 Å². The van der Waals surface area contributed by atoms with Gasteiger partial charge in [-0.2, -0.15) is 10.4 Å². The Bertz CT molecular complexity index is 566. The minimum absolute atomic E-state index is 0.385. The van der Waals surface area contributed by atoms with Crippen LogP contribution in [0.25, 0.3) is 5.69 Å². The van der Waals surface area contributed by atoms with Gasteiger partial charge in [0.1, 0.15) is 5.75 Å². The molecule has 2 rings (SSSR count). The van der Waals surface area contributed by atoms with Gasteiger partial charge < -0.3 is 4.74 Å². The van der Waals surface area contributed by atoms with E-state index in [2.05, 4.69) is 11.2 Å². The van der Waals surface area contributed by atoms with Crippen LogP contribution in [-0.2, 0) is 6.42 Å². The molecule has 0 N–H and O–H groups in total. The number of nitrogens with zero attached hydrogens (tertiary/aromatic N) is 3. The highest BCUT2D eigenvalue weighted by Crippen LogP contribution is 2.19. The summed E-state index contributed by atoms with van der Waals surface area (Å²) in [5, 5.41) is 13.0. The summed E-state index contributed by atoms with van der Waals surface area (Å²) in [5.74, 6) is 0.791. The zero-order chi connectivity index (χ0) is 12.3. The second-order valence-corrected chi connectivity index (χ2v) is 3.70. The third-order valence-corrected chi connectivity index (χ3v) is 2.68. The molecule has 2 aromatic rings. The molecule has 1 aromatic carbocycles. The molecule has 0 fully saturated rings. The monoisotopic (exact) mass is 227 g/mol. The van der Waals surface area contributed by atoms with Crippen LogP contribution in [0.5, 0.6) is 5.75 Å². The summed E-state index contributed by atoms with van der Waals surface area (Å²) in [4.78, 5) is 0. The third kappa shape index (κ3) is 2.13. The maximum atomic E-state index is 8.70. The van der Waals surface area contributed by atoms with E-state index in [1.54, 1.807) is 13.3 Å². The summed E-state index contributed by atoms with van der Waals surface area (Å²) in [5.41, 5.74) is 2.88. The fraction of sp³-hybridized carbons (Fsp3) is 0.231. The zero-order valence-electron chi connectivity index (χ0n) is 9.84. The van der Waals surface area contributed by atoms with Crippen molar-refractivity contribution in [3.63, 3.8) is 0 Å². The van der Waals surface area contributed by atoms with E-state index in [4.69, 9.17) is 10.00 Å². The quantitative estimate of drug-likeness (QED) is 0.808. The number of rotatable bonds is 3. The Morgan fingerprint density at radius 2 is 2.29 bits per heavy atom. The molecule has 0 saturated heterocycles. The standard InChI is InChI=1S/C13H13N3O/c1-10-11(6-7-14)9-15-16(10)12-4-3-5-13(8-12)17-2/h3-5,8-9H,6H2,1-2H3. The number of benzene rings is 1. The summed E-state index contributed by atoms with van der Waals surface area (Å²) in [6, 6.07) is 9.81. The molecule has 17 heavy (non-hydrogen) atoms. The average Bonchev–Trinajstić information content (AvgIpc) is 2.72. The number of methoxy groups -OCH3 is 1. The Hall–Kier alpha value is -2.28. The fourth-order valence-electron chi connectivity index (χ4n) is 1.70. The highest BCUT2D eigenvalue weighted by molar-refractivity contribution is 5.41. The van der Waals surface area contributed by atoms with Gasteiger partial charge in [0.05, 0.1) is 31.5 Å². The zero-order valence-corrected chi connectivity index (χ0v) is 9.84. The van der Waals surface area contributed by atoms with Crippen molar-refractivity contribution in [1.82, 2.24) is 9.78 Å². The predicted octanol–water partition coefficient (Wildman–Crippen LogP) is 2.26. The molecular weight excluding hydrogens is 214 g/mol. The number of aromatic nitrogens is 2. The van der Waals surface area contributed by atoms with E-state index in [0.29, 0.717) is 6.42 Å². The number of hydrogen-bond donors (Lipinski definition) is 0. The number of ether oxygens (including phenoxy) is 1. The first-order chi connectivity index (χ1) is 8.26. The van der Waals surface area contributed by atoms with Crippen LogP contribution in [0.2, 0.25) is 0 Å². The highest BCUT2D eigenvalue weighted by Gasteiger charge is 2.08. The van der Waals surface area contributed by atoms with Crippen molar-refractivity contribution in [2.45, 2.75) is 13.3 Å². The van der Waals surface area contributed by atoms with Gasteiger partial charge in [0.2, 0.25) is 0 Å². The smallest absolute Gasteiger partial charge is 0.121 e. The molecule has 0 spiro atoms. The third-order valence-electron chi connectivity index (χ3n) is 2.68. The SMILES string of the molecule is COc1cccc(-n2ncc(CC#N)c2C)c1. The Kier molecular flexibility index (Phi) is 3.10. The lowest BCUT2D eigenvalue weighted by Crippen LogP contribution is -1.99. The Labute approximate surface area is 100 Å². The van der Waals surface area contributed by atoms with E-state index < -0.39 is 0 Å². The van der Waals surface area contributed by atoms with Crippen molar-refractivity contribution in [2.24, 2.45) is 0 Å². The van der Waals surface area contributed by atoms with Crippen LogP contribution in [0.3, 0.4) is 0 Å². The van der Waals surface area contributed by atoms with E-state index in [0.717, 1.165) is 22.7 Å². The predicted molar refractivity (Wildman–Crippen MR) is 64.2 cm³/mol. The molecule has 0 aliphatic heterocycles. The molecule has 1 aromatic heterocycles. The van der Waals surface area contributed by atoms with Crippen LogP contribution in [0, 0.1) is 18.3 Å². The van der Waals surface area contributed by atoms with Gasteiger partial charge in [-0.1, -0.05) is 6.07 Å². The maximum absolute atomic E-state index is 8.70. The Morgan fingerprint density at radius 1 is 1.47 bits per heavy atom. The molecule has 0 aliphatic rings. The van der Waals surface area contributed by atoms with Crippen molar-refractivity contribution in [1.29, 1.82) is 5.26 Å². The minimum atomic E-state index is 0.385. The summed E-state index contributed by atoms with van der Waals surface area (Å²) in [7, 11) is 1.64. The van der Waals surface area contributed by atoms with Crippen molar-refractivity contribution >= 4 is 0 Å². The normalized spacial score (nSPS) is 9.94. The second kappa shape index (κ2) is 4.71. The van der Waals surface area contributed by atoms with Gasteiger partial charge in [0.25, 0.3) is 0 Å². The van der Waals surface area contributed by atoms with Crippen LogP contribution < -0.4 is 4.74 Å². The topological polar surface area (TPSA) is 50.8 Å². The Balaban J connectivity index is 2.43. The van der Waals surface area contributed by atoms with Gasteiger partial charge in [0.15, 0.2) is 0 Å². The summed E-state index contributed by atoms with van der Waals surface area (Å²) in [6.45, 7) is 1.96. The van der Waals surface area contributed by atoms with Gasteiger partial charge in [0, 0.05) is 17.3 Å². The van der Waals surface area contributed by atoms with Crippen molar-refractivity contribution in [3.8, 4) is 17.5 Å². The average molecular weight is 227 g/mol. The molecule has 4 nitrogen and oxygen atoms in total. The molecule has 0 atom stereocenters. The lowest BCUT2D eigenvalue weighted by Gasteiger charge is -2.06. The van der Waals surface area contributed by atoms with Gasteiger partial charge in [-0.05, 0) is 19.1 Å². The molecule has 0 saturated carbocycles. The second-order valence-electron chi connectivity index (χ2n) is 3.70. The van der Waals surface area contributed by atoms with E-state index in [1.807, 2.05) is 35.9 Å². The van der Waals surface area contributed by atoms with Crippen LogP contribution >= 0.6 is 0 Å². The summed E-state index contributed by atoms with van der Waals surface area (Å²) in [6.07, 6.45) is 2.12. The van der Waals surface area contributed by atoms with Crippen LogP contribution in [0.4, 0.5) is 0 Å². The first-order valence-electron chi connectivity index (χ1n) is 5.31. The minimum Gasteiger partial charge on any atom is -0.497 e. The molecule has 0 amide bonds. The van der Waals surface area contributed by atoms with Gasteiger partial charge in [-0.15, -0.1) is 0 Å². The van der Waals surface area contributed by atoms with E-state index in [1.165, 1.54) is 0 Å². The molecule has 0 unspecified atom stereocenters. The maximum Gasteiger partial charge on any atom is 0.121 e. The van der Waals surface area contributed by atoms with Crippen LogP contribution in [0.15, 0.2) is 30.5 Å². The van der Waals surface area contributed by atoms with Crippen molar-refractivity contribution in [2.75, 3.05) is 7.11 Å². The molecule has 0 bridgehead atoms. The van der Waals surface area contributed by atoms with Gasteiger partial charge in [-0.3, -0.25) is 0 Å². The number of nitriles is 1. The van der Waals surface area contributed by atoms with E-state index >= 15 is 0 Å². The molecule has 0 aliphatic carbocycles. The lowest BCUT2D eigenvalue weighted by molar-refractivity contribution is 0.414. The van der Waals surface area contributed by atoms with E-state index in [-0.39, 0.29) is 0 Å². The first-order valence-corrected chi connectivity index (χ1v) is 5.31. The summed E-state index contributed by atoms with van der Waals surface area (Å²) < 4.78 is 6.99. The lowest BCUT2D eigenvalue weighted by atomic mass is 10.2. The van der Waals surface area contributed by atoms with Crippen LogP contribution in [0.1, 0.15) is 11.3 Å². The molecular formula is C13H13N3O. The molecule has 4 heteroatoms. The summed E-state index contributed by atoms with van der Waals surface area (Å²) >= 11 is 0. The first kappa shape index (κ1) is 11.2.